The number of hydrogen-bond donors (Lipinski definition) is 1. The Morgan fingerprint density at radius 1 is 1.29 bits per heavy atom. The molecule has 1 amide bonds. The second-order valence-corrected chi connectivity index (χ2v) is 7.58. The van der Waals surface area contributed by atoms with Crippen molar-refractivity contribution >= 4 is 51.6 Å². The highest BCUT2D eigenvalue weighted by Crippen LogP contribution is 2.18. The van der Waals surface area contributed by atoms with Gasteiger partial charge >= 0.3 is 0 Å². The van der Waals surface area contributed by atoms with Crippen LogP contribution in [0.5, 0.6) is 0 Å². The molecular weight excluding hydrogens is 366 g/mol. The van der Waals surface area contributed by atoms with E-state index in [-0.39, 0.29) is 17.1 Å². The Morgan fingerprint density at radius 2 is 2.17 bits per heavy atom. The van der Waals surface area contributed by atoms with E-state index in [0.29, 0.717) is 22.5 Å². The van der Waals surface area contributed by atoms with Gasteiger partial charge in [0.05, 0.1) is 5.39 Å². The number of fused-ring (bicyclic) bond motifs is 1. The first-order valence-electron chi connectivity index (χ1n) is 7.25. The molecule has 0 radical (unpaired) electrons. The molecule has 0 saturated carbocycles. The molecule has 124 valence electrons. The molecule has 0 atom stereocenters. The van der Waals surface area contributed by atoms with Crippen LogP contribution in [-0.4, -0.2) is 18.2 Å². The third-order valence-corrected chi connectivity index (χ3v) is 5.57. The van der Waals surface area contributed by atoms with Gasteiger partial charge in [0.25, 0.3) is 5.91 Å². The van der Waals surface area contributed by atoms with Crippen molar-refractivity contribution in [2.75, 3.05) is 12.3 Å². The van der Waals surface area contributed by atoms with Gasteiger partial charge in [-0.1, -0.05) is 17.7 Å². The third kappa shape index (κ3) is 4.20. The summed E-state index contributed by atoms with van der Waals surface area (Å²) in [5.41, 5.74) is 0.0695. The predicted octanol–water partition coefficient (Wildman–Crippen LogP) is 4.17. The Bertz CT molecular complexity index is 906. The van der Waals surface area contributed by atoms with Gasteiger partial charge in [0, 0.05) is 34.0 Å². The van der Waals surface area contributed by atoms with E-state index in [1.165, 1.54) is 17.0 Å². The summed E-state index contributed by atoms with van der Waals surface area (Å²) in [4.78, 5) is 25.5. The lowest BCUT2D eigenvalue weighted by Crippen LogP contribution is -2.26. The average molecular weight is 380 g/mol. The van der Waals surface area contributed by atoms with E-state index >= 15 is 0 Å². The molecule has 0 fully saturated rings. The molecule has 0 bridgehead atoms. The van der Waals surface area contributed by atoms with Crippen LogP contribution in [0.15, 0.2) is 51.0 Å². The summed E-state index contributed by atoms with van der Waals surface area (Å²) in [5, 5.41) is 5.64. The fourth-order valence-electron chi connectivity index (χ4n) is 2.13. The molecule has 1 aromatic carbocycles. The molecule has 2 heterocycles. The lowest BCUT2D eigenvalue weighted by molar-refractivity contribution is 0.0929. The summed E-state index contributed by atoms with van der Waals surface area (Å²) < 4.78 is 5.50. The van der Waals surface area contributed by atoms with Crippen molar-refractivity contribution in [2.45, 2.75) is 5.75 Å². The largest absolute Gasteiger partial charge is 0.451 e. The predicted molar refractivity (Wildman–Crippen MR) is 100 cm³/mol. The first-order chi connectivity index (χ1) is 11.6. The van der Waals surface area contributed by atoms with Crippen molar-refractivity contribution in [3.8, 4) is 0 Å². The van der Waals surface area contributed by atoms with Crippen LogP contribution < -0.4 is 10.7 Å². The number of carbonyl (C=O) groups is 1. The minimum atomic E-state index is -0.388. The second kappa shape index (κ2) is 7.88. The SMILES string of the molecule is O=C(NCCSCc1cccs1)c1cc(=O)c2cc(Cl)ccc2o1. The van der Waals surface area contributed by atoms with Gasteiger partial charge in [0.2, 0.25) is 0 Å². The van der Waals surface area contributed by atoms with E-state index < -0.39 is 0 Å². The molecule has 0 unspecified atom stereocenters. The van der Waals surface area contributed by atoms with Gasteiger partial charge in [-0.25, -0.2) is 0 Å². The van der Waals surface area contributed by atoms with E-state index in [1.54, 1.807) is 35.2 Å². The number of carbonyl (C=O) groups excluding carboxylic acids is 1. The van der Waals surface area contributed by atoms with E-state index in [4.69, 9.17) is 16.0 Å². The zero-order valence-electron chi connectivity index (χ0n) is 12.6. The van der Waals surface area contributed by atoms with Crippen molar-refractivity contribution in [3.63, 3.8) is 0 Å². The van der Waals surface area contributed by atoms with Gasteiger partial charge in [-0.15, -0.1) is 11.3 Å². The first-order valence-corrected chi connectivity index (χ1v) is 9.66. The summed E-state index contributed by atoms with van der Waals surface area (Å²) in [7, 11) is 0. The highest BCUT2D eigenvalue weighted by molar-refractivity contribution is 7.98. The van der Waals surface area contributed by atoms with Crippen molar-refractivity contribution in [1.82, 2.24) is 5.32 Å². The quantitative estimate of drug-likeness (QED) is 0.653. The minimum absolute atomic E-state index is 0.0121. The molecule has 7 heteroatoms. The number of halogens is 1. The number of rotatable bonds is 6. The summed E-state index contributed by atoms with van der Waals surface area (Å²) >= 11 is 9.33. The van der Waals surface area contributed by atoms with Crippen LogP contribution in [0.4, 0.5) is 0 Å². The van der Waals surface area contributed by atoms with Gasteiger partial charge in [0.1, 0.15) is 5.58 Å². The fraction of sp³-hybridized carbons (Fsp3) is 0.176. The number of thiophene rings is 1. The van der Waals surface area contributed by atoms with E-state index in [9.17, 15) is 9.59 Å². The first kappa shape index (κ1) is 17.1. The van der Waals surface area contributed by atoms with Crippen LogP contribution in [-0.2, 0) is 5.75 Å². The lowest BCUT2D eigenvalue weighted by Gasteiger charge is -2.05. The Hall–Kier alpha value is -1.76. The maximum Gasteiger partial charge on any atom is 0.287 e. The molecule has 0 aliphatic carbocycles. The Labute approximate surface area is 151 Å². The molecule has 3 rings (SSSR count). The van der Waals surface area contributed by atoms with E-state index in [2.05, 4.69) is 11.4 Å². The lowest BCUT2D eigenvalue weighted by atomic mass is 10.2. The molecule has 3 aromatic rings. The third-order valence-electron chi connectivity index (χ3n) is 3.27. The molecule has 0 spiro atoms. The highest BCUT2D eigenvalue weighted by atomic mass is 35.5. The van der Waals surface area contributed by atoms with Crippen molar-refractivity contribution in [1.29, 1.82) is 0 Å². The number of nitrogens with one attached hydrogen (secondary N) is 1. The Kier molecular flexibility index (Phi) is 5.60. The summed E-state index contributed by atoms with van der Waals surface area (Å²) in [6, 6.07) is 10.1. The molecule has 2 aromatic heterocycles. The zero-order valence-corrected chi connectivity index (χ0v) is 15.0. The van der Waals surface area contributed by atoms with E-state index in [1.807, 2.05) is 11.4 Å². The number of thioether (sulfide) groups is 1. The summed E-state index contributed by atoms with van der Waals surface area (Å²) in [5.74, 6) is 1.34. The minimum Gasteiger partial charge on any atom is -0.451 e. The summed E-state index contributed by atoms with van der Waals surface area (Å²) in [6.45, 7) is 0.511. The van der Waals surface area contributed by atoms with Crippen LogP contribution >= 0.6 is 34.7 Å². The molecule has 0 saturated heterocycles. The number of amides is 1. The molecule has 0 aliphatic heterocycles. The fourth-order valence-corrected chi connectivity index (χ4v) is 4.00. The average Bonchev–Trinajstić information content (AvgIpc) is 3.08. The van der Waals surface area contributed by atoms with Gasteiger partial charge < -0.3 is 9.73 Å². The summed E-state index contributed by atoms with van der Waals surface area (Å²) in [6.07, 6.45) is 0. The molecule has 1 N–H and O–H groups in total. The van der Waals surface area contributed by atoms with Crippen molar-refractivity contribution < 1.29 is 9.21 Å². The van der Waals surface area contributed by atoms with Gasteiger partial charge in [0.15, 0.2) is 11.2 Å². The molecule has 24 heavy (non-hydrogen) atoms. The van der Waals surface area contributed by atoms with Crippen LogP contribution in [0.2, 0.25) is 5.02 Å². The standard InChI is InChI=1S/C17H14ClNO3S2/c18-11-3-4-15-13(8-11)14(20)9-16(22-15)17(21)19-5-7-23-10-12-2-1-6-24-12/h1-4,6,8-9H,5,7,10H2,(H,19,21). The van der Waals surface area contributed by atoms with Gasteiger partial charge in [-0.3, -0.25) is 9.59 Å². The van der Waals surface area contributed by atoms with Crippen LogP contribution in [0, 0.1) is 0 Å². The van der Waals surface area contributed by atoms with Gasteiger partial charge in [-0.2, -0.15) is 11.8 Å². The smallest absolute Gasteiger partial charge is 0.287 e. The Balaban J connectivity index is 1.57. The number of hydrogen-bond acceptors (Lipinski definition) is 5. The topological polar surface area (TPSA) is 59.3 Å². The van der Waals surface area contributed by atoms with Crippen LogP contribution in [0.25, 0.3) is 11.0 Å². The van der Waals surface area contributed by atoms with Crippen molar-refractivity contribution in [2.24, 2.45) is 0 Å². The monoisotopic (exact) mass is 379 g/mol. The molecular formula is C17H14ClNO3S2. The Morgan fingerprint density at radius 3 is 2.96 bits per heavy atom. The zero-order chi connectivity index (χ0) is 16.9. The normalized spacial score (nSPS) is 10.9. The molecule has 4 nitrogen and oxygen atoms in total. The second-order valence-electron chi connectivity index (χ2n) is 5.00. The van der Waals surface area contributed by atoms with Crippen LogP contribution in [0.1, 0.15) is 15.4 Å². The molecule has 0 aliphatic rings. The van der Waals surface area contributed by atoms with E-state index in [0.717, 1.165) is 11.5 Å². The van der Waals surface area contributed by atoms with Crippen LogP contribution in [0.3, 0.4) is 0 Å². The van der Waals surface area contributed by atoms with Crippen molar-refractivity contribution in [3.05, 3.63) is 67.7 Å². The number of benzene rings is 1. The van der Waals surface area contributed by atoms with Gasteiger partial charge in [-0.05, 0) is 29.6 Å². The maximum atomic E-state index is 12.1. The maximum absolute atomic E-state index is 12.1. The highest BCUT2D eigenvalue weighted by Gasteiger charge is 2.12.